The van der Waals surface area contributed by atoms with Crippen LogP contribution in [0.15, 0.2) is 6.07 Å². The van der Waals surface area contributed by atoms with E-state index in [0.717, 1.165) is 11.4 Å². The number of fused-ring (bicyclic) bond motifs is 1. The number of rotatable bonds is 2. The lowest BCUT2D eigenvalue weighted by Gasteiger charge is -2.15. The second-order valence-electron chi connectivity index (χ2n) is 5.87. The van der Waals surface area contributed by atoms with Crippen LogP contribution in [0.2, 0.25) is 0 Å². The summed E-state index contributed by atoms with van der Waals surface area (Å²) < 4.78 is 1.69. The number of carbonyl (C=O) groups excluding carboxylic acids is 2. The Kier molecular flexibility index (Phi) is 3.35. The Morgan fingerprint density at radius 3 is 2.68 bits per heavy atom. The summed E-state index contributed by atoms with van der Waals surface area (Å²) in [7, 11) is 0. The zero-order chi connectivity index (χ0) is 16.0. The maximum Gasteiger partial charge on any atom is 0.259 e. The van der Waals surface area contributed by atoms with Crippen LogP contribution in [-0.2, 0) is 4.79 Å². The molecule has 7 nitrogen and oxygen atoms in total. The van der Waals surface area contributed by atoms with Crippen molar-refractivity contribution >= 4 is 17.5 Å². The van der Waals surface area contributed by atoms with E-state index in [1.165, 1.54) is 0 Å². The van der Waals surface area contributed by atoms with Gasteiger partial charge in [0.1, 0.15) is 5.56 Å². The van der Waals surface area contributed by atoms with Gasteiger partial charge in [-0.05, 0) is 33.3 Å². The minimum absolute atomic E-state index is 0.131. The number of hydrogen-bond donors (Lipinski definition) is 1. The summed E-state index contributed by atoms with van der Waals surface area (Å²) in [5, 5.41) is 4.42. The molecule has 1 aliphatic rings. The molecule has 1 atom stereocenters. The lowest BCUT2D eigenvalue weighted by molar-refractivity contribution is -0.121. The molecule has 2 N–H and O–H groups in total. The maximum atomic E-state index is 12.8. The summed E-state index contributed by atoms with van der Waals surface area (Å²) in [5.74, 6) is -0.743. The van der Waals surface area contributed by atoms with Crippen molar-refractivity contribution in [3.63, 3.8) is 0 Å². The standard InChI is InChI=1S/C15H19N5O2/c1-8-6-9(2)20-14(17-8)12(10(3)18-20)15(22)19-5-4-11(7-19)13(16)21/h6,11H,4-5,7H2,1-3H3,(H2,16,21)/t11-/m1/s1. The molecule has 1 aliphatic heterocycles. The van der Waals surface area contributed by atoms with Gasteiger partial charge in [-0.1, -0.05) is 0 Å². The molecule has 2 amide bonds. The van der Waals surface area contributed by atoms with Crippen LogP contribution in [0.3, 0.4) is 0 Å². The first-order valence-corrected chi connectivity index (χ1v) is 7.30. The number of carbonyl (C=O) groups is 2. The first-order valence-electron chi connectivity index (χ1n) is 7.30. The highest BCUT2D eigenvalue weighted by Gasteiger charge is 2.32. The predicted octanol–water partition coefficient (Wildman–Crippen LogP) is 0.602. The number of primary amides is 1. The van der Waals surface area contributed by atoms with Gasteiger partial charge < -0.3 is 10.6 Å². The van der Waals surface area contributed by atoms with E-state index < -0.39 is 0 Å². The Morgan fingerprint density at radius 2 is 2.05 bits per heavy atom. The fourth-order valence-electron chi connectivity index (χ4n) is 3.01. The van der Waals surface area contributed by atoms with Crippen molar-refractivity contribution in [3.8, 4) is 0 Å². The van der Waals surface area contributed by atoms with E-state index in [1.807, 2.05) is 19.9 Å². The van der Waals surface area contributed by atoms with E-state index in [2.05, 4.69) is 10.1 Å². The third-order valence-electron chi connectivity index (χ3n) is 4.16. The van der Waals surface area contributed by atoms with E-state index in [-0.39, 0.29) is 17.7 Å². The number of amides is 2. The predicted molar refractivity (Wildman–Crippen MR) is 80.4 cm³/mol. The Balaban J connectivity index is 2.01. The van der Waals surface area contributed by atoms with Gasteiger partial charge in [0, 0.05) is 24.5 Å². The first-order chi connectivity index (χ1) is 10.4. The van der Waals surface area contributed by atoms with Gasteiger partial charge in [-0.15, -0.1) is 0 Å². The van der Waals surface area contributed by atoms with E-state index in [4.69, 9.17) is 5.73 Å². The number of hydrogen-bond acceptors (Lipinski definition) is 4. The van der Waals surface area contributed by atoms with Gasteiger partial charge in [-0.25, -0.2) is 9.50 Å². The molecule has 3 rings (SSSR count). The van der Waals surface area contributed by atoms with Crippen LogP contribution in [0.25, 0.3) is 5.65 Å². The van der Waals surface area contributed by atoms with Crippen LogP contribution >= 0.6 is 0 Å². The third kappa shape index (κ3) is 2.22. The maximum absolute atomic E-state index is 12.8. The van der Waals surface area contributed by atoms with Crippen molar-refractivity contribution < 1.29 is 9.59 Å². The summed E-state index contributed by atoms with van der Waals surface area (Å²) >= 11 is 0. The van der Waals surface area contributed by atoms with Gasteiger partial charge in [-0.2, -0.15) is 5.10 Å². The number of nitrogens with zero attached hydrogens (tertiary/aromatic N) is 4. The molecule has 7 heteroatoms. The number of likely N-dealkylation sites (tertiary alicyclic amines) is 1. The quantitative estimate of drug-likeness (QED) is 0.879. The van der Waals surface area contributed by atoms with Crippen LogP contribution < -0.4 is 5.73 Å². The molecule has 0 unspecified atom stereocenters. The molecule has 2 aromatic rings. The fraction of sp³-hybridized carbons (Fsp3) is 0.467. The van der Waals surface area contributed by atoms with E-state index in [1.54, 1.807) is 16.3 Å². The summed E-state index contributed by atoms with van der Waals surface area (Å²) in [6.07, 6.45) is 0.616. The molecule has 116 valence electrons. The molecular formula is C15H19N5O2. The van der Waals surface area contributed by atoms with Crippen molar-refractivity contribution in [2.75, 3.05) is 13.1 Å². The Bertz CT molecular complexity index is 780. The SMILES string of the molecule is Cc1cc(C)n2nc(C)c(C(=O)N3CC[C@@H](C(N)=O)C3)c2n1. The van der Waals surface area contributed by atoms with E-state index in [0.29, 0.717) is 36.4 Å². The number of nitrogens with two attached hydrogens (primary N) is 1. The minimum atomic E-state index is -0.350. The van der Waals surface area contributed by atoms with E-state index in [9.17, 15) is 9.59 Å². The van der Waals surface area contributed by atoms with Crippen molar-refractivity contribution in [1.82, 2.24) is 19.5 Å². The molecule has 0 aliphatic carbocycles. The fourth-order valence-corrected chi connectivity index (χ4v) is 3.01. The summed E-state index contributed by atoms with van der Waals surface area (Å²) in [6, 6.07) is 1.92. The summed E-state index contributed by atoms with van der Waals surface area (Å²) in [4.78, 5) is 30.2. The van der Waals surface area contributed by atoms with Gasteiger partial charge in [0.25, 0.3) is 5.91 Å². The van der Waals surface area contributed by atoms with Crippen LogP contribution in [0.5, 0.6) is 0 Å². The van der Waals surface area contributed by atoms with Crippen LogP contribution in [0, 0.1) is 26.7 Å². The van der Waals surface area contributed by atoms with Gasteiger partial charge in [0.2, 0.25) is 5.91 Å². The molecule has 22 heavy (non-hydrogen) atoms. The smallest absolute Gasteiger partial charge is 0.259 e. The number of aromatic nitrogens is 3. The van der Waals surface area contributed by atoms with Crippen molar-refractivity contribution in [2.24, 2.45) is 11.7 Å². The molecule has 0 spiro atoms. The third-order valence-corrected chi connectivity index (χ3v) is 4.16. The Hall–Kier alpha value is -2.44. The van der Waals surface area contributed by atoms with Crippen LogP contribution in [0.4, 0.5) is 0 Å². The van der Waals surface area contributed by atoms with Crippen molar-refractivity contribution in [1.29, 1.82) is 0 Å². The molecule has 2 aromatic heterocycles. The Labute approximate surface area is 128 Å². The highest BCUT2D eigenvalue weighted by atomic mass is 16.2. The molecule has 0 radical (unpaired) electrons. The number of aryl methyl sites for hydroxylation is 3. The molecule has 3 heterocycles. The van der Waals surface area contributed by atoms with Crippen LogP contribution in [-0.4, -0.2) is 44.4 Å². The lowest BCUT2D eigenvalue weighted by atomic mass is 10.1. The van der Waals surface area contributed by atoms with E-state index >= 15 is 0 Å². The summed E-state index contributed by atoms with van der Waals surface area (Å²) in [5.41, 5.74) is 8.84. The highest BCUT2D eigenvalue weighted by molar-refractivity contribution is 6.01. The van der Waals surface area contributed by atoms with Gasteiger partial charge in [0.05, 0.1) is 11.6 Å². The highest BCUT2D eigenvalue weighted by Crippen LogP contribution is 2.22. The summed E-state index contributed by atoms with van der Waals surface area (Å²) in [6.45, 7) is 6.53. The monoisotopic (exact) mass is 301 g/mol. The molecule has 0 bridgehead atoms. The van der Waals surface area contributed by atoms with Gasteiger partial charge in [-0.3, -0.25) is 9.59 Å². The topological polar surface area (TPSA) is 93.6 Å². The average molecular weight is 301 g/mol. The van der Waals surface area contributed by atoms with Gasteiger partial charge in [0.15, 0.2) is 5.65 Å². The zero-order valence-corrected chi connectivity index (χ0v) is 13.0. The van der Waals surface area contributed by atoms with Crippen molar-refractivity contribution in [3.05, 3.63) is 28.7 Å². The first kappa shape index (κ1) is 14.5. The average Bonchev–Trinajstić information content (AvgIpc) is 3.03. The second-order valence-corrected chi connectivity index (χ2v) is 5.87. The normalized spacial score (nSPS) is 18.1. The molecule has 0 saturated carbocycles. The largest absolute Gasteiger partial charge is 0.369 e. The molecular weight excluding hydrogens is 282 g/mol. The van der Waals surface area contributed by atoms with Crippen molar-refractivity contribution in [2.45, 2.75) is 27.2 Å². The molecule has 1 saturated heterocycles. The zero-order valence-electron chi connectivity index (χ0n) is 13.0. The minimum Gasteiger partial charge on any atom is -0.369 e. The van der Waals surface area contributed by atoms with Gasteiger partial charge >= 0.3 is 0 Å². The Morgan fingerprint density at radius 1 is 1.32 bits per heavy atom. The molecule has 0 aromatic carbocycles. The van der Waals surface area contributed by atoms with Crippen LogP contribution in [0.1, 0.15) is 33.9 Å². The molecule has 1 fully saturated rings. The lowest BCUT2D eigenvalue weighted by Crippen LogP contribution is -2.32. The second kappa shape index (κ2) is 5.08.